The van der Waals surface area contributed by atoms with Crippen LogP contribution in [0.25, 0.3) is 0 Å². The number of hydrogen-bond acceptors (Lipinski definition) is 4. The molecule has 0 spiro atoms. The first-order valence-electron chi connectivity index (χ1n) is 10.5. The Morgan fingerprint density at radius 1 is 1.06 bits per heavy atom. The van der Waals surface area contributed by atoms with Gasteiger partial charge in [-0.1, -0.05) is 42.5 Å². The number of nitrogens with zero attached hydrogens (tertiary/aromatic N) is 1. The van der Waals surface area contributed by atoms with Crippen LogP contribution in [-0.2, 0) is 20.9 Å². The van der Waals surface area contributed by atoms with E-state index in [1.807, 2.05) is 37.3 Å². The summed E-state index contributed by atoms with van der Waals surface area (Å²) in [6, 6.07) is 22.8. The summed E-state index contributed by atoms with van der Waals surface area (Å²) in [4.78, 5) is 26.7. The summed E-state index contributed by atoms with van der Waals surface area (Å²) in [5.41, 5.74) is 2.34. The van der Waals surface area contributed by atoms with Crippen molar-refractivity contribution < 1.29 is 23.5 Å². The standard InChI is InChI=1S/C26H24FNO4/c1-18(20-7-3-2-4-8-20)32-26(30)21-15-25(29)28(16-21)23-10-12-24(13-11-23)31-17-19-6-5-9-22(27)14-19/h2-14,18,21H,15-17H2,1H3/t18-,21+/m1/s1. The molecule has 0 unspecified atom stereocenters. The molecule has 1 saturated heterocycles. The normalized spacial score (nSPS) is 16.6. The summed E-state index contributed by atoms with van der Waals surface area (Å²) in [7, 11) is 0. The van der Waals surface area contributed by atoms with Gasteiger partial charge in [0.1, 0.15) is 24.3 Å². The van der Waals surface area contributed by atoms with Gasteiger partial charge in [0, 0.05) is 18.7 Å². The molecule has 164 valence electrons. The quantitative estimate of drug-likeness (QED) is 0.489. The zero-order valence-corrected chi connectivity index (χ0v) is 17.7. The van der Waals surface area contributed by atoms with Crippen LogP contribution in [0.3, 0.4) is 0 Å². The highest BCUT2D eigenvalue weighted by Gasteiger charge is 2.36. The van der Waals surface area contributed by atoms with Crippen LogP contribution in [0.5, 0.6) is 5.75 Å². The second-order valence-corrected chi connectivity index (χ2v) is 7.81. The molecular weight excluding hydrogens is 409 g/mol. The van der Waals surface area contributed by atoms with Gasteiger partial charge in [-0.05, 0) is 54.4 Å². The number of halogens is 1. The molecular formula is C26H24FNO4. The number of esters is 1. The first-order valence-corrected chi connectivity index (χ1v) is 10.5. The lowest BCUT2D eigenvalue weighted by atomic mass is 10.1. The van der Waals surface area contributed by atoms with Gasteiger partial charge in [0.2, 0.25) is 5.91 Å². The monoisotopic (exact) mass is 433 g/mol. The third-order valence-corrected chi connectivity index (χ3v) is 5.46. The number of anilines is 1. The van der Waals surface area contributed by atoms with Crippen LogP contribution >= 0.6 is 0 Å². The second-order valence-electron chi connectivity index (χ2n) is 7.81. The minimum atomic E-state index is -0.502. The number of hydrogen-bond donors (Lipinski definition) is 0. The predicted molar refractivity (Wildman–Crippen MR) is 119 cm³/mol. The highest BCUT2D eigenvalue weighted by molar-refractivity contribution is 5.99. The number of carbonyl (C=O) groups is 2. The van der Waals surface area contributed by atoms with Crippen LogP contribution in [0.4, 0.5) is 10.1 Å². The summed E-state index contributed by atoms with van der Waals surface area (Å²) in [5.74, 6) is -0.685. The molecule has 1 fully saturated rings. The maximum atomic E-state index is 13.3. The smallest absolute Gasteiger partial charge is 0.311 e. The lowest BCUT2D eigenvalue weighted by Gasteiger charge is -2.18. The topological polar surface area (TPSA) is 55.8 Å². The molecule has 3 aromatic rings. The molecule has 0 saturated carbocycles. The van der Waals surface area contributed by atoms with Gasteiger partial charge in [-0.25, -0.2) is 4.39 Å². The van der Waals surface area contributed by atoms with E-state index in [-0.39, 0.29) is 43.4 Å². The minimum Gasteiger partial charge on any atom is -0.489 e. The van der Waals surface area contributed by atoms with Crippen molar-refractivity contribution in [2.24, 2.45) is 5.92 Å². The molecule has 0 aliphatic carbocycles. The van der Waals surface area contributed by atoms with Gasteiger partial charge >= 0.3 is 5.97 Å². The van der Waals surface area contributed by atoms with Gasteiger partial charge in [0.15, 0.2) is 0 Å². The first-order chi connectivity index (χ1) is 15.5. The molecule has 5 nitrogen and oxygen atoms in total. The Kier molecular flexibility index (Phi) is 6.50. The lowest BCUT2D eigenvalue weighted by Crippen LogP contribution is -2.26. The number of carbonyl (C=O) groups excluding carboxylic acids is 2. The number of rotatable bonds is 7. The van der Waals surface area contributed by atoms with Crippen LogP contribution in [0, 0.1) is 11.7 Å². The Morgan fingerprint density at radius 2 is 1.81 bits per heavy atom. The molecule has 0 bridgehead atoms. The van der Waals surface area contributed by atoms with Gasteiger partial charge in [-0.3, -0.25) is 9.59 Å². The van der Waals surface area contributed by atoms with E-state index in [9.17, 15) is 14.0 Å². The highest BCUT2D eigenvalue weighted by Crippen LogP contribution is 2.29. The Labute approximate surface area is 186 Å². The van der Waals surface area contributed by atoms with E-state index < -0.39 is 5.92 Å². The summed E-state index contributed by atoms with van der Waals surface area (Å²) in [5, 5.41) is 0. The van der Waals surface area contributed by atoms with Crippen molar-refractivity contribution in [1.82, 2.24) is 0 Å². The molecule has 1 heterocycles. The van der Waals surface area contributed by atoms with Gasteiger partial charge in [0.25, 0.3) is 0 Å². The van der Waals surface area contributed by atoms with Crippen molar-refractivity contribution >= 4 is 17.6 Å². The summed E-state index contributed by atoms with van der Waals surface area (Å²) in [6.07, 6.45) is -0.250. The molecule has 32 heavy (non-hydrogen) atoms. The highest BCUT2D eigenvalue weighted by atomic mass is 19.1. The van der Waals surface area contributed by atoms with Crippen molar-refractivity contribution in [3.05, 3.63) is 95.8 Å². The van der Waals surface area contributed by atoms with Crippen molar-refractivity contribution in [1.29, 1.82) is 0 Å². The van der Waals surface area contributed by atoms with E-state index in [4.69, 9.17) is 9.47 Å². The maximum absolute atomic E-state index is 13.3. The Balaban J connectivity index is 1.34. The van der Waals surface area contributed by atoms with Crippen molar-refractivity contribution in [3.63, 3.8) is 0 Å². The Hall–Kier alpha value is -3.67. The third-order valence-electron chi connectivity index (χ3n) is 5.46. The molecule has 4 rings (SSSR count). The number of benzene rings is 3. The molecule has 0 aromatic heterocycles. The van der Waals surface area contributed by atoms with Crippen LogP contribution < -0.4 is 9.64 Å². The van der Waals surface area contributed by atoms with Crippen LogP contribution in [0.15, 0.2) is 78.9 Å². The zero-order chi connectivity index (χ0) is 22.5. The predicted octanol–water partition coefficient (Wildman–Crippen LogP) is 5.06. The first kappa shape index (κ1) is 21.6. The van der Waals surface area contributed by atoms with Crippen molar-refractivity contribution in [2.75, 3.05) is 11.4 Å². The zero-order valence-electron chi connectivity index (χ0n) is 17.7. The maximum Gasteiger partial charge on any atom is 0.311 e. The van der Waals surface area contributed by atoms with E-state index >= 15 is 0 Å². The van der Waals surface area contributed by atoms with E-state index in [0.29, 0.717) is 11.4 Å². The van der Waals surface area contributed by atoms with E-state index in [2.05, 4.69) is 0 Å². The van der Waals surface area contributed by atoms with Crippen molar-refractivity contribution in [3.8, 4) is 5.75 Å². The summed E-state index contributed by atoms with van der Waals surface area (Å²) < 4.78 is 24.6. The fraction of sp³-hybridized carbons (Fsp3) is 0.231. The lowest BCUT2D eigenvalue weighted by molar-refractivity contribution is -0.153. The number of ether oxygens (including phenoxy) is 2. The summed E-state index contributed by atoms with van der Waals surface area (Å²) >= 11 is 0. The average Bonchev–Trinajstić information content (AvgIpc) is 3.20. The largest absolute Gasteiger partial charge is 0.489 e. The van der Waals surface area contributed by atoms with Gasteiger partial charge in [-0.2, -0.15) is 0 Å². The Bertz CT molecular complexity index is 1080. The van der Waals surface area contributed by atoms with Gasteiger partial charge < -0.3 is 14.4 Å². The fourth-order valence-corrected chi connectivity index (χ4v) is 3.69. The van der Waals surface area contributed by atoms with E-state index in [1.54, 1.807) is 41.3 Å². The average molecular weight is 433 g/mol. The van der Waals surface area contributed by atoms with Crippen LogP contribution in [0.2, 0.25) is 0 Å². The molecule has 0 N–H and O–H groups in total. The molecule has 1 aliphatic heterocycles. The molecule has 6 heteroatoms. The van der Waals surface area contributed by atoms with Crippen molar-refractivity contribution in [2.45, 2.75) is 26.1 Å². The summed E-state index contributed by atoms with van der Waals surface area (Å²) in [6.45, 7) is 2.35. The Morgan fingerprint density at radius 3 is 2.53 bits per heavy atom. The molecule has 2 atom stereocenters. The minimum absolute atomic E-state index is 0.118. The van der Waals surface area contributed by atoms with E-state index in [1.165, 1.54) is 12.1 Å². The van der Waals surface area contributed by atoms with Gasteiger partial charge in [0.05, 0.1) is 5.92 Å². The van der Waals surface area contributed by atoms with E-state index in [0.717, 1.165) is 11.1 Å². The molecule has 3 aromatic carbocycles. The third kappa shape index (κ3) is 5.14. The van der Waals surface area contributed by atoms with Gasteiger partial charge in [-0.15, -0.1) is 0 Å². The molecule has 0 radical (unpaired) electrons. The SMILES string of the molecule is C[C@@H](OC(=O)[C@H]1CC(=O)N(c2ccc(OCc3cccc(F)c3)cc2)C1)c1ccccc1. The van der Waals surface area contributed by atoms with Crippen LogP contribution in [-0.4, -0.2) is 18.4 Å². The molecule has 1 amide bonds. The van der Waals surface area contributed by atoms with Crippen LogP contribution in [0.1, 0.15) is 30.6 Å². The fourth-order valence-electron chi connectivity index (χ4n) is 3.69. The molecule has 1 aliphatic rings. The number of amides is 1. The second kappa shape index (κ2) is 9.64.